The first-order valence-electron chi connectivity index (χ1n) is 5.48. The Balaban J connectivity index is 2.33. The van der Waals surface area contributed by atoms with Crippen molar-refractivity contribution >= 4 is 17.3 Å². The summed E-state index contributed by atoms with van der Waals surface area (Å²) in [5, 5.41) is 10.7. The molecule has 1 heterocycles. The standard InChI is InChI=1S/C13H9FN2O2S/c1-2-18-13(17)12-16-11(7-19-12)8-3-4-10(14)9(5-8)6-15/h3-5,7H,2H2,1H3. The SMILES string of the molecule is CCOC(=O)c1nc(-c2ccc(F)c(C#N)c2)cs1. The van der Waals surface area contributed by atoms with E-state index in [0.717, 1.165) is 11.3 Å². The molecule has 19 heavy (non-hydrogen) atoms. The van der Waals surface area contributed by atoms with Gasteiger partial charge in [-0.25, -0.2) is 14.2 Å². The molecule has 4 nitrogen and oxygen atoms in total. The summed E-state index contributed by atoms with van der Waals surface area (Å²) in [6, 6.07) is 5.89. The zero-order valence-corrected chi connectivity index (χ0v) is 10.8. The average molecular weight is 276 g/mol. The van der Waals surface area contributed by atoms with Gasteiger partial charge in [0, 0.05) is 10.9 Å². The minimum atomic E-state index is -0.577. The predicted octanol–water partition coefficient (Wildman–Crippen LogP) is 3.00. The van der Waals surface area contributed by atoms with E-state index in [0.29, 0.717) is 11.3 Å². The second kappa shape index (κ2) is 5.59. The Hall–Kier alpha value is -2.26. The van der Waals surface area contributed by atoms with Gasteiger partial charge in [0.15, 0.2) is 0 Å². The Labute approximate surface area is 113 Å². The van der Waals surface area contributed by atoms with Crippen LogP contribution in [0.4, 0.5) is 4.39 Å². The number of hydrogen-bond donors (Lipinski definition) is 0. The fourth-order valence-electron chi connectivity index (χ4n) is 1.46. The lowest BCUT2D eigenvalue weighted by molar-refractivity contribution is 0.0526. The van der Waals surface area contributed by atoms with Gasteiger partial charge in [0.1, 0.15) is 11.9 Å². The van der Waals surface area contributed by atoms with Gasteiger partial charge in [-0.2, -0.15) is 5.26 Å². The third-order valence-electron chi connectivity index (χ3n) is 2.34. The summed E-state index contributed by atoms with van der Waals surface area (Å²) in [5.74, 6) is -1.06. The molecule has 0 saturated carbocycles. The lowest BCUT2D eigenvalue weighted by Gasteiger charge is -1.99. The first-order valence-corrected chi connectivity index (χ1v) is 6.36. The minimum absolute atomic E-state index is 0.0526. The highest BCUT2D eigenvalue weighted by atomic mass is 32.1. The van der Waals surface area contributed by atoms with Crippen molar-refractivity contribution in [2.45, 2.75) is 6.92 Å². The van der Waals surface area contributed by atoms with Crippen LogP contribution in [0, 0.1) is 17.1 Å². The number of aromatic nitrogens is 1. The molecule has 0 bridgehead atoms. The van der Waals surface area contributed by atoms with E-state index >= 15 is 0 Å². The van der Waals surface area contributed by atoms with E-state index in [2.05, 4.69) is 4.98 Å². The molecule has 6 heteroatoms. The molecular weight excluding hydrogens is 267 g/mol. The maximum Gasteiger partial charge on any atom is 0.367 e. The molecule has 1 aromatic carbocycles. The van der Waals surface area contributed by atoms with E-state index in [1.54, 1.807) is 18.4 Å². The van der Waals surface area contributed by atoms with Crippen molar-refractivity contribution in [1.29, 1.82) is 5.26 Å². The molecule has 0 aliphatic rings. The van der Waals surface area contributed by atoms with Gasteiger partial charge in [-0.15, -0.1) is 11.3 Å². The Morgan fingerprint density at radius 3 is 3.05 bits per heavy atom. The van der Waals surface area contributed by atoms with Crippen LogP contribution in [0.2, 0.25) is 0 Å². The van der Waals surface area contributed by atoms with Crippen molar-refractivity contribution in [3.05, 3.63) is 40.0 Å². The van der Waals surface area contributed by atoms with Gasteiger partial charge in [0.25, 0.3) is 0 Å². The average Bonchev–Trinajstić information content (AvgIpc) is 2.89. The highest BCUT2D eigenvalue weighted by Gasteiger charge is 2.13. The van der Waals surface area contributed by atoms with Gasteiger partial charge in [0.05, 0.1) is 17.9 Å². The molecule has 1 aromatic heterocycles. The molecule has 0 aliphatic carbocycles. The van der Waals surface area contributed by atoms with Crippen LogP contribution < -0.4 is 0 Å². The first-order chi connectivity index (χ1) is 9.15. The summed E-state index contributed by atoms with van der Waals surface area (Å²) in [7, 11) is 0. The van der Waals surface area contributed by atoms with Gasteiger partial charge in [-0.3, -0.25) is 0 Å². The number of hydrogen-bond acceptors (Lipinski definition) is 5. The minimum Gasteiger partial charge on any atom is -0.461 e. The zero-order valence-electron chi connectivity index (χ0n) is 10.0. The number of thiazole rings is 1. The number of carbonyl (C=O) groups excluding carboxylic acids is 1. The third kappa shape index (κ3) is 2.77. The molecule has 0 aliphatic heterocycles. The van der Waals surface area contributed by atoms with Gasteiger partial charge in [-0.05, 0) is 25.1 Å². The third-order valence-corrected chi connectivity index (χ3v) is 3.16. The molecule has 0 unspecified atom stereocenters. The van der Waals surface area contributed by atoms with Gasteiger partial charge in [-0.1, -0.05) is 0 Å². The van der Waals surface area contributed by atoms with Crippen LogP contribution >= 0.6 is 11.3 Å². The summed E-state index contributed by atoms with van der Waals surface area (Å²) in [5.41, 5.74) is 1.05. The summed E-state index contributed by atoms with van der Waals surface area (Å²) < 4.78 is 18.0. The van der Waals surface area contributed by atoms with Gasteiger partial charge in [0.2, 0.25) is 5.01 Å². The molecular formula is C13H9FN2O2S. The number of nitrogens with zero attached hydrogens (tertiary/aromatic N) is 2. The van der Waals surface area contributed by atoms with Crippen molar-refractivity contribution in [2.75, 3.05) is 6.61 Å². The van der Waals surface area contributed by atoms with E-state index in [4.69, 9.17) is 10.00 Å². The molecule has 0 spiro atoms. The van der Waals surface area contributed by atoms with Gasteiger partial charge >= 0.3 is 5.97 Å². The molecule has 0 radical (unpaired) electrons. The predicted molar refractivity (Wildman–Crippen MR) is 68.2 cm³/mol. The highest BCUT2D eigenvalue weighted by Crippen LogP contribution is 2.24. The molecule has 2 aromatic rings. The summed E-state index contributed by atoms with van der Waals surface area (Å²) in [6.07, 6.45) is 0. The monoisotopic (exact) mass is 276 g/mol. The van der Waals surface area contributed by atoms with Crippen LogP contribution in [-0.2, 0) is 4.74 Å². The Morgan fingerprint density at radius 1 is 1.58 bits per heavy atom. The zero-order chi connectivity index (χ0) is 13.8. The maximum atomic E-state index is 13.2. The number of esters is 1. The Morgan fingerprint density at radius 2 is 2.37 bits per heavy atom. The quantitative estimate of drug-likeness (QED) is 0.808. The molecule has 2 rings (SSSR count). The number of rotatable bonds is 3. The van der Waals surface area contributed by atoms with Crippen molar-refractivity contribution in [1.82, 2.24) is 4.98 Å². The van der Waals surface area contributed by atoms with Crippen LogP contribution in [0.15, 0.2) is 23.6 Å². The van der Waals surface area contributed by atoms with E-state index in [9.17, 15) is 9.18 Å². The number of nitriles is 1. The second-order valence-corrected chi connectivity index (χ2v) is 4.42. The van der Waals surface area contributed by atoms with E-state index in [-0.39, 0.29) is 17.2 Å². The fourth-order valence-corrected chi connectivity index (χ4v) is 2.18. The van der Waals surface area contributed by atoms with Crippen molar-refractivity contribution in [2.24, 2.45) is 0 Å². The van der Waals surface area contributed by atoms with Crippen LogP contribution in [0.25, 0.3) is 11.3 Å². The molecule has 0 amide bonds. The van der Waals surface area contributed by atoms with Crippen LogP contribution in [0.3, 0.4) is 0 Å². The summed E-state index contributed by atoms with van der Waals surface area (Å²) in [4.78, 5) is 15.6. The maximum absolute atomic E-state index is 13.2. The summed E-state index contributed by atoms with van der Waals surface area (Å²) >= 11 is 1.15. The van der Waals surface area contributed by atoms with E-state index < -0.39 is 11.8 Å². The first kappa shape index (κ1) is 13.2. The normalized spacial score (nSPS) is 9.95. The number of ether oxygens (including phenoxy) is 1. The molecule has 96 valence electrons. The fraction of sp³-hybridized carbons (Fsp3) is 0.154. The number of halogens is 1. The van der Waals surface area contributed by atoms with Crippen LogP contribution in [0.1, 0.15) is 22.3 Å². The van der Waals surface area contributed by atoms with E-state index in [1.165, 1.54) is 18.2 Å². The van der Waals surface area contributed by atoms with Crippen LogP contribution in [0.5, 0.6) is 0 Å². The van der Waals surface area contributed by atoms with Crippen molar-refractivity contribution in [3.63, 3.8) is 0 Å². The number of benzene rings is 1. The molecule has 0 N–H and O–H groups in total. The highest BCUT2D eigenvalue weighted by molar-refractivity contribution is 7.11. The lowest BCUT2D eigenvalue weighted by atomic mass is 10.1. The molecule has 0 atom stereocenters. The Bertz CT molecular complexity index is 661. The van der Waals surface area contributed by atoms with Crippen molar-refractivity contribution in [3.8, 4) is 17.3 Å². The van der Waals surface area contributed by atoms with Gasteiger partial charge < -0.3 is 4.74 Å². The lowest BCUT2D eigenvalue weighted by Crippen LogP contribution is -2.03. The van der Waals surface area contributed by atoms with E-state index in [1.807, 2.05) is 0 Å². The topological polar surface area (TPSA) is 63.0 Å². The van der Waals surface area contributed by atoms with Crippen molar-refractivity contribution < 1.29 is 13.9 Å². The second-order valence-electron chi connectivity index (χ2n) is 3.56. The molecule has 0 saturated heterocycles. The smallest absolute Gasteiger partial charge is 0.367 e. The summed E-state index contributed by atoms with van der Waals surface area (Å²) in [6.45, 7) is 1.99. The largest absolute Gasteiger partial charge is 0.461 e. The number of carbonyl (C=O) groups is 1. The van der Waals surface area contributed by atoms with Crippen LogP contribution in [-0.4, -0.2) is 17.6 Å². The Kier molecular flexibility index (Phi) is 3.88. The molecule has 0 fully saturated rings.